The van der Waals surface area contributed by atoms with Gasteiger partial charge >= 0.3 is 0 Å². The van der Waals surface area contributed by atoms with E-state index in [1.165, 1.54) is 11.1 Å². The molecule has 21 heavy (non-hydrogen) atoms. The summed E-state index contributed by atoms with van der Waals surface area (Å²) in [6.45, 7) is 2.16. The van der Waals surface area contributed by atoms with Gasteiger partial charge in [0.1, 0.15) is 10.0 Å². The summed E-state index contributed by atoms with van der Waals surface area (Å²) in [6, 6.07) is 16.3. The molecule has 1 unspecified atom stereocenters. The SMILES string of the molecule is CCc1ccc2c(c1)CCC(Cl)(c1ccccc1)C(Cl)=N2. The number of aryl methyl sites for hydroxylation is 2. The fourth-order valence-corrected chi connectivity index (χ4v) is 3.30. The molecule has 3 rings (SSSR count). The summed E-state index contributed by atoms with van der Waals surface area (Å²) >= 11 is 13.3. The van der Waals surface area contributed by atoms with Crippen molar-refractivity contribution < 1.29 is 0 Å². The van der Waals surface area contributed by atoms with Crippen LogP contribution in [0.1, 0.15) is 30.0 Å². The molecule has 1 atom stereocenters. The lowest BCUT2D eigenvalue weighted by molar-refractivity contribution is 0.717. The molecule has 0 saturated heterocycles. The normalized spacial score (nSPS) is 21.4. The zero-order valence-corrected chi connectivity index (χ0v) is 13.5. The number of halogens is 2. The van der Waals surface area contributed by atoms with Gasteiger partial charge in [-0.2, -0.15) is 0 Å². The maximum absolute atomic E-state index is 6.86. The van der Waals surface area contributed by atoms with Gasteiger partial charge in [-0.05, 0) is 42.0 Å². The number of hydrogen-bond acceptors (Lipinski definition) is 1. The molecule has 1 aliphatic heterocycles. The summed E-state index contributed by atoms with van der Waals surface area (Å²) in [5.41, 5.74) is 4.49. The van der Waals surface area contributed by atoms with E-state index in [4.69, 9.17) is 23.2 Å². The van der Waals surface area contributed by atoms with Crippen LogP contribution in [0, 0.1) is 0 Å². The zero-order chi connectivity index (χ0) is 14.9. The van der Waals surface area contributed by atoms with Crippen LogP contribution in [0.3, 0.4) is 0 Å². The van der Waals surface area contributed by atoms with Crippen molar-refractivity contribution in [1.29, 1.82) is 0 Å². The van der Waals surface area contributed by atoms with E-state index in [9.17, 15) is 0 Å². The number of hydrogen-bond donors (Lipinski definition) is 0. The van der Waals surface area contributed by atoms with Gasteiger partial charge < -0.3 is 0 Å². The second-order valence-corrected chi connectivity index (χ2v) is 6.39. The highest BCUT2D eigenvalue weighted by molar-refractivity contribution is 6.72. The Hall–Kier alpha value is -1.31. The molecular formula is C18H17Cl2N. The molecule has 1 heterocycles. The minimum atomic E-state index is -0.728. The topological polar surface area (TPSA) is 12.4 Å². The Bertz CT molecular complexity index is 679. The van der Waals surface area contributed by atoms with Crippen molar-refractivity contribution in [2.45, 2.75) is 31.1 Å². The smallest absolute Gasteiger partial charge is 0.132 e. The third kappa shape index (κ3) is 2.73. The minimum absolute atomic E-state index is 0.457. The van der Waals surface area contributed by atoms with Crippen LogP contribution in [-0.2, 0) is 17.7 Å². The number of fused-ring (bicyclic) bond motifs is 1. The largest absolute Gasteiger partial charge is 0.239 e. The summed E-state index contributed by atoms with van der Waals surface area (Å²) in [6.07, 6.45) is 2.65. The van der Waals surface area contributed by atoms with Crippen molar-refractivity contribution in [3.63, 3.8) is 0 Å². The standard InChI is InChI=1S/C18H17Cl2N/c1-2-13-8-9-16-14(12-13)10-11-18(20,17(19)21-16)15-6-4-3-5-7-15/h3-9,12H,2,10-11H2,1H3. The van der Waals surface area contributed by atoms with E-state index in [-0.39, 0.29) is 0 Å². The first-order valence-electron chi connectivity index (χ1n) is 7.24. The highest BCUT2D eigenvalue weighted by Crippen LogP contribution is 2.42. The summed E-state index contributed by atoms with van der Waals surface area (Å²) in [7, 11) is 0. The van der Waals surface area contributed by atoms with E-state index in [1.807, 2.05) is 36.4 Å². The first kappa shape index (κ1) is 14.6. The molecule has 0 N–H and O–H groups in total. The Balaban J connectivity index is 2.04. The van der Waals surface area contributed by atoms with E-state index in [0.717, 1.165) is 30.5 Å². The maximum atomic E-state index is 6.86. The average molecular weight is 318 g/mol. The van der Waals surface area contributed by atoms with Crippen LogP contribution in [0.15, 0.2) is 53.5 Å². The van der Waals surface area contributed by atoms with E-state index in [0.29, 0.717) is 5.17 Å². The van der Waals surface area contributed by atoms with Gasteiger partial charge in [0.25, 0.3) is 0 Å². The Morgan fingerprint density at radius 2 is 1.90 bits per heavy atom. The van der Waals surface area contributed by atoms with Gasteiger partial charge in [0, 0.05) is 0 Å². The first-order valence-corrected chi connectivity index (χ1v) is 8.00. The number of nitrogens with zero attached hydrogens (tertiary/aromatic N) is 1. The summed E-state index contributed by atoms with van der Waals surface area (Å²) < 4.78 is 0. The molecule has 0 radical (unpaired) electrons. The molecule has 0 amide bonds. The van der Waals surface area contributed by atoms with Crippen molar-refractivity contribution in [2.24, 2.45) is 4.99 Å². The molecule has 0 fully saturated rings. The van der Waals surface area contributed by atoms with Crippen molar-refractivity contribution in [3.8, 4) is 0 Å². The van der Waals surface area contributed by atoms with Gasteiger partial charge in [0.05, 0.1) is 5.69 Å². The van der Waals surface area contributed by atoms with E-state index < -0.39 is 4.87 Å². The summed E-state index contributed by atoms with van der Waals surface area (Å²) in [5.74, 6) is 0. The van der Waals surface area contributed by atoms with Crippen LogP contribution in [0.5, 0.6) is 0 Å². The van der Waals surface area contributed by atoms with E-state index >= 15 is 0 Å². The maximum Gasteiger partial charge on any atom is 0.132 e. The second-order valence-electron chi connectivity index (χ2n) is 5.39. The van der Waals surface area contributed by atoms with E-state index in [2.05, 4.69) is 24.0 Å². The molecule has 3 heteroatoms. The molecule has 0 saturated carbocycles. The van der Waals surface area contributed by atoms with Gasteiger partial charge in [-0.15, -0.1) is 11.6 Å². The summed E-state index contributed by atoms with van der Waals surface area (Å²) in [4.78, 5) is 3.87. The number of benzene rings is 2. The molecule has 0 aliphatic carbocycles. The first-order chi connectivity index (χ1) is 10.1. The van der Waals surface area contributed by atoms with Gasteiger partial charge in [-0.1, -0.05) is 61.0 Å². The van der Waals surface area contributed by atoms with Gasteiger partial charge in [-0.25, -0.2) is 4.99 Å². The monoisotopic (exact) mass is 317 g/mol. The Kier molecular flexibility index (Phi) is 4.05. The molecule has 2 aromatic carbocycles. The van der Waals surface area contributed by atoms with Crippen LogP contribution in [0.25, 0.3) is 0 Å². The van der Waals surface area contributed by atoms with Gasteiger partial charge in [0.15, 0.2) is 0 Å². The lowest BCUT2D eigenvalue weighted by Crippen LogP contribution is -2.26. The minimum Gasteiger partial charge on any atom is -0.239 e. The Morgan fingerprint density at radius 3 is 2.62 bits per heavy atom. The van der Waals surface area contributed by atoms with Crippen molar-refractivity contribution in [1.82, 2.24) is 0 Å². The predicted octanol–water partition coefficient (Wildman–Crippen LogP) is 5.60. The van der Waals surface area contributed by atoms with Crippen LogP contribution in [0.2, 0.25) is 0 Å². The van der Waals surface area contributed by atoms with Crippen molar-refractivity contribution in [3.05, 3.63) is 65.2 Å². The molecular weight excluding hydrogens is 301 g/mol. The molecule has 1 nitrogen and oxygen atoms in total. The molecule has 0 bridgehead atoms. The fraction of sp³-hybridized carbons (Fsp3) is 0.278. The molecule has 0 aromatic heterocycles. The third-order valence-corrected chi connectivity index (χ3v) is 5.16. The summed E-state index contributed by atoms with van der Waals surface area (Å²) in [5, 5.41) is 0.457. The van der Waals surface area contributed by atoms with E-state index in [1.54, 1.807) is 0 Å². The van der Waals surface area contributed by atoms with Crippen molar-refractivity contribution in [2.75, 3.05) is 0 Å². The lowest BCUT2D eigenvalue weighted by atomic mass is 9.92. The van der Waals surface area contributed by atoms with Crippen LogP contribution in [0.4, 0.5) is 5.69 Å². The molecule has 1 aliphatic rings. The molecule has 108 valence electrons. The Labute approximate surface area is 135 Å². The van der Waals surface area contributed by atoms with Crippen LogP contribution in [-0.4, -0.2) is 5.17 Å². The van der Waals surface area contributed by atoms with Crippen LogP contribution < -0.4 is 0 Å². The van der Waals surface area contributed by atoms with Gasteiger partial charge in [-0.3, -0.25) is 0 Å². The quantitative estimate of drug-likeness (QED) is 0.639. The second kappa shape index (κ2) is 5.82. The van der Waals surface area contributed by atoms with Crippen molar-refractivity contribution >= 4 is 34.1 Å². The third-order valence-electron chi connectivity index (χ3n) is 4.07. The highest BCUT2D eigenvalue weighted by atomic mass is 35.5. The predicted molar refractivity (Wildman–Crippen MR) is 91.1 cm³/mol. The molecule has 0 spiro atoms. The fourth-order valence-electron chi connectivity index (χ4n) is 2.74. The number of aliphatic imine (C=N–C) groups is 1. The molecule has 2 aromatic rings. The lowest BCUT2D eigenvalue weighted by Gasteiger charge is -2.24. The number of alkyl halides is 1. The highest BCUT2D eigenvalue weighted by Gasteiger charge is 2.36. The van der Waals surface area contributed by atoms with Crippen LogP contribution >= 0.6 is 23.2 Å². The number of rotatable bonds is 2. The zero-order valence-electron chi connectivity index (χ0n) is 11.9. The van der Waals surface area contributed by atoms with Gasteiger partial charge in [0.2, 0.25) is 0 Å². The Morgan fingerprint density at radius 1 is 1.14 bits per heavy atom. The average Bonchev–Trinajstić information content (AvgIpc) is 2.66.